The number of likely N-dealkylation sites (N-methyl/N-ethyl adjacent to an activating group) is 4. The van der Waals surface area contributed by atoms with Crippen LogP contribution >= 0.6 is 24.4 Å². The molecule has 2 heterocycles. The number of urea groups is 1. The number of hydrogen-bond acceptors (Lipinski definition) is 4. The molecule has 0 saturated carbocycles. The Balaban J connectivity index is 0. The van der Waals surface area contributed by atoms with Crippen molar-refractivity contribution in [1.82, 2.24) is 19.6 Å². The predicted octanol–water partition coefficient (Wildman–Crippen LogP) is 2.04. The molecule has 128 valence electrons. The van der Waals surface area contributed by atoms with E-state index in [2.05, 4.69) is 0 Å². The Morgan fingerprint density at radius 1 is 0.909 bits per heavy atom. The van der Waals surface area contributed by atoms with Gasteiger partial charge in [-0.25, -0.2) is 4.79 Å². The third kappa shape index (κ3) is 4.88. The lowest BCUT2D eigenvalue weighted by molar-refractivity contribution is -0.124. The van der Waals surface area contributed by atoms with Crippen molar-refractivity contribution in [2.24, 2.45) is 0 Å². The first-order valence-corrected chi connectivity index (χ1v) is 7.26. The van der Waals surface area contributed by atoms with Crippen LogP contribution in [0.1, 0.15) is 28.7 Å². The van der Waals surface area contributed by atoms with Gasteiger partial charge in [-0.3, -0.25) is 14.6 Å². The summed E-state index contributed by atoms with van der Waals surface area (Å²) in [7, 11) is 3.42. The molecule has 0 aliphatic carbocycles. The molecule has 0 aromatic rings. The van der Waals surface area contributed by atoms with Crippen molar-refractivity contribution in [2.75, 3.05) is 40.3 Å². The highest BCUT2D eigenvalue weighted by atomic mass is 32.1. The molecule has 22 heavy (non-hydrogen) atoms. The normalized spacial score (nSPS) is 17.3. The topological polar surface area (TPSA) is 47.1 Å². The van der Waals surface area contributed by atoms with E-state index in [0.29, 0.717) is 23.2 Å². The summed E-state index contributed by atoms with van der Waals surface area (Å²) < 4.78 is 0. The lowest BCUT2D eigenvalue weighted by Crippen LogP contribution is -2.29. The van der Waals surface area contributed by atoms with Gasteiger partial charge in [0.1, 0.15) is 4.99 Å². The zero-order valence-electron chi connectivity index (χ0n) is 12.3. The number of carbonyl (C=O) groups excluding carboxylic acids is 2. The first-order valence-electron chi connectivity index (χ1n) is 6.44. The maximum Gasteiger partial charge on any atom is 0.325 e. The van der Waals surface area contributed by atoms with E-state index < -0.39 is 0 Å². The third-order valence-electron chi connectivity index (χ3n) is 3.28. The number of carbonyl (C=O) groups is 2. The van der Waals surface area contributed by atoms with Crippen LogP contribution in [0.25, 0.3) is 0 Å². The molecule has 0 spiro atoms. The van der Waals surface area contributed by atoms with Crippen LogP contribution in [0.4, 0.5) is 4.79 Å². The smallest absolute Gasteiger partial charge is 0.325 e. The maximum atomic E-state index is 11.1. The van der Waals surface area contributed by atoms with Gasteiger partial charge in [-0.1, -0.05) is 27.1 Å². The minimum absolute atomic E-state index is 0. The maximum absolute atomic E-state index is 11.1. The van der Waals surface area contributed by atoms with Gasteiger partial charge >= 0.3 is 6.03 Å². The molecule has 8 heteroatoms. The summed E-state index contributed by atoms with van der Waals surface area (Å²) >= 11 is 9.90. The summed E-state index contributed by atoms with van der Waals surface area (Å²) in [5.74, 6) is 0.0897. The highest BCUT2D eigenvalue weighted by molar-refractivity contribution is 7.80. The summed E-state index contributed by atoms with van der Waals surface area (Å²) in [6.45, 7) is 6.55. The number of nitrogens with zero attached hydrogens (tertiary/aromatic N) is 4. The van der Waals surface area contributed by atoms with Crippen LogP contribution in [0.3, 0.4) is 0 Å². The van der Waals surface area contributed by atoms with E-state index >= 15 is 0 Å². The highest BCUT2D eigenvalue weighted by Gasteiger charge is 2.28. The van der Waals surface area contributed by atoms with Crippen LogP contribution in [0, 0.1) is 0 Å². The molecule has 3 amide bonds. The zero-order chi connectivity index (χ0) is 15.4. The molecule has 2 aliphatic heterocycles. The molecule has 0 aromatic carbocycles. The highest BCUT2D eigenvalue weighted by Crippen LogP contribution is 2.07. The van der Waals surface area contributed by atoms with Gasteiger partial charge in [0.2, 0.25) is 5.91 Å². The molecule has 0 N–H and O–H groups in total. The SMILES string of the molecule is C.C.CCN1CC(=O)N(C)C1=S.CCN1CC(=S)N(C)C1=O. The van der Waals surface area contributed by atoms with E-state index in [1.165, 1.54) is 9.80 Å². The van der Waals surface area contributed by atoms with Crippen LogP contribution in [0.15, 0.2) is 0 Å². The Bertz CT molecular complexity index is 403. The zero-order valence-corrected chi connectivity index (χ0v) is 13.9. The number of amides is 3. The molecule has 0 aromatic heterocycles. The average molecular weight is 349 g/mol. The van der Waals surface area contributed by atoms with Gasteiger partial charge in [-0.2, -0.15) is 0 Å². The van der Waals surface area contributed by atoms with E-state index in [1.54, 1.807) is 19.0 Å². The fraction of sp³-hybridized carbons (Fsp3) is 0.714. The number of rotatable bonds is 2. The molecule has 2 aliphatic rings. The second kappa shape index (κ2) is 9.68. The largest absolute Gasteiger partial charge is 0.340 e. The van der Waals surface area contributed by atoms with Gasteiger partial charge in [0, 0.05) is 27.2 Å². The summed E-state index contributed by atoms with van der Waals surface area (Å²) in [5.41, 5.74) is 0. The molecule has 6 nitrogen and oxygen atoms in total. The fourth-order valence-corrected chi connectivity index (χ4v) is 2.34. The van der Waals surface area contributed by atoms with Crippen molar-refractivity contribution < 1.29 is 9.59 Å². The predicted molar refractivity (Wildman–Crippen MR) is 99.1 cm³/mol. The fourth-order valence-electron chi connectivity index (χ4n) is 1.81. The minimum atomic E-state index is 0. The Kier molecular flexibility index (Phi) is 10.1. The van der Waals surface area contributed by atoms with E-state index in [4.69, 9.17) is 24.4 Å². The quantitative estimate of drug-likeness (QED) is 0.715. The van der Waals surface area contributed by atoms with Crippen LogP contribution in [0.5, 0.6) is 0 Å². The first-order chi connectivity index (χ1) is 9.33. The third-order valence-corrected chi connectivity index (χ3v) is 4.21. The molecule has 0 radical (unpaired) electrons. The summed E-state index contributed by atoms with van der Waals surface area (Å²) in [5, 5.41) is 0.646. The molecule has 2 saturated heterocycles. The second-order valence-electron chi connectivity index (χ2n) is 4.50. The van der Waals surface area contributed by atoms with Crippen molar-refractivity contribution in [3.05, 3.63) is 0 Å². The van der Waals surface area contributed by atoms with Gasteiger partial charge in [0.15, 0.2) is 5.11 Å². The van der Waals surface area contributed by atoms with Crippen LogP contribution in [-0.4, -0.2) is 81.9 Å². The van der Waals surface area contributed by atoms with E-state index in [9.17, 15) is 9.59 Å². The lowest BCUT2D eigenvalue weighted by atomic mass is 10.5. The minimum Gasteiger partial charge on any atom is -0.340 e. The monoisotopic (exact) mass is 348 g/mol. The van der Waals surface area contributed by atoms with E-state index in [-0.39, 0.29) is 26.8 Å². The molecular weight excluding hydrogens is 320 g/mol. The second-order valence-corrected chi connectivity index (χ2v) is 5.34. The lowest BCUT2D eigenvalue weighted by Gasteiger charge is -2.14. The molecule has 2 fully saturated rings. The van der Waals surface area contributed by atoms with Gasteiger partial charge in [0.05, 0.1) is 13.1 Å². The number of thiocarbonyl (C=S) groups is 2. The average Bonchev–Trinajstić information content (AvgIpc) is 2.84. The standard InChI is InChI=1S/2C6H10N2OS.2CH4/c1-3-8-4-5(10)7(2)6(8)9;1-3-8-4-5(9)7(2)6(8)10;;/h2*3-4H2,1-2H3;2*1H4. The molecule has 0 bridgehead atoms. The Morgan fingerprint density at radius 3 is 1.59 bits per heavy atom. The van der Waals surface area contributed by atoms with Crippen molar-refractivity contribution in [3.8, 4) is 0 Å². The van der Waals surface area contributed by atoms with Crippen molar-refractivity contribution in [1.29, 1.82) is 0 Å². The van der Waals surface area contributed by atoms with Gasteiger partial charge in [0.25, 0.3) is 0 Å². The Labute approximate surface area is 145 Å². The van der Waals surface area contributed by atoms with Crippen molar-refractivity contribution in [2.45, 2.75) is 28.7 Å². The summed E-state index contributed by atoms with van der Waals surface area (Å²) in [6, 6.07) is 0.0208. The van der Waals surface area contributed by atoms with Gasteiger partial charge in [-0.15, -0.1) is 0 Å². The molecule has 0 atom stereocenters. The van der Waals surface area contributed by atoms with Crippen LogP contribution in [-0.2, 0) is 4.79 Å². The summed E-state index contributed by atoms with van der Waals surface area (Å²) in [4.78, 5) is 29.4. The Hall–Kier alpha value is -1.28. The van der Waals surface area contributed by atoms with Gasteiger partial charge < -0.3 is 9.80 Å². The van der Waals surface area contributed by atoms with Crippen LogP contribution < -0.4 is 0 Å². The molecular formula is C14H28N4O2S2. The van der Waals surface area contributed by atoms with E-state index in [1.807, 2.05) is 18.7 Å². The van der Waals surface area contributed by atoms with Crippen molar-refractivity contribution >= 4 is 46.5 Å². The Morgan fingerprint density at radius 2 is 1.41 bits per heavy atom. The van der Waals surface area contributed by atoms with Crippen LogP contribution in [0.2, 0.25) is 0 Å². The first kappa shape index (κ1) is 23.0. The van der Waals surface area contributed by atoms with Gasteiger partial charge in [-0.05, 0) is 26.1 Å². The van der Waals surface area contributed by atoms with E-state index in [0.717, 1.165) is 13.1 Å². The molecule has 0 unspecified atom stereocenters. The number of hydrogen-bond donors (Lipinski definition) is 0. The van der Waals surface area contributed by atoms with Crippen molar-refractivity contribution in [3.63, 3.8) is 0 Å². The molecule has 2 rings (SSSR count). The summed E-state index contributed by atoms with van der Waals surface area (Å²) in [6.07, 6.45) is 0.